The molecule has 0 aliphatic carbocycles. The molecule has 13 heavy (non-hydrogen) atoms. The Bertz CT molecular complexity index is 363. The van der Waals surface area contributed by atoms with E-state index < -0.39 is 10.8 Å². The zero-order valence-electron chi connectivity index (χ0n) is 6.44. The molecule has 70 valence electrons. The lowest BCUT2D eigenvalue weighted by atomic mass is 9.94. The number of hydrogen-bond donors (Lipinski definition) is 0. The van der Waals surface area contributed by atoms with Gasteiger partial charge in [-0.3, -0.25) is 4.21 Å². The summed E-state index contributed by atoms with van der Waals surface area (Å²) in [7, 11) is -0.692. The van der Waals surface area contributed by atoms with Crippen molar-refractivity contribution in [2.45, 2.75) is 15.7 Å². The summed E-state index contributed by atoms with van der Waals surface area (Å²) in [6, 6.07) is 0. The Hall–Kier alpha value is 0.940. The van der Waals surface area contributed by atoms with Gasteiger partial charge in [0.1, 0.15) is 0 Å². The van der Waals surface area contributed by atoms with Gasteiger partial charge in [-0.15, -0.1) is 11.8 Å². The third-order valence-electron chi connectivity index (χ3n) is 2.77. The molecule has 0 aromatic heterocycles. The van der Waals surface area contributed by atoms with Crippen molar-refractivity contribution in [3.63, 3.8) is 0 Å². The monoisotopic (exact) mass is 340 g/mol. The van der Waals surface area contributed by atoms with Crippen molar-refractivity contribution in [2.75, 3.05) is 0 Å². The standard InChI is InChI=1S/C8H6Br2OS2/c9-3-1-5-7-6(4(10)2-12-7)8(3)13(5)11/h1-2,5-8H/t5?,6-,7-,8-,13?/m0/s1. The van der Waals surface area contributed by atoms with Crippen LogP contribution in [0.25, 0.3) is 0 Å². The van der Waals surface area contributed by atoms with E-state index in [9.17, 15) is 4.21 Å². The van der Waals surface area contributed by atoms with Crippen LogP contribution in [0, 0.1) is 5.92 Å². The van der Waals surface area contributed by atoms with Crippen molar-refractivity contribution in [3.05, 3.63) is 20.4 Å². The molecular formula is C8H6Br2OS2. The fourth-order valence-electron chi connectivity index (χ4n) is 2.20. The number of thioether (sulfide) groups is 1. The normalized spacial score (nSPS) is 52.0. The first-order valence-corrected chi connectivity index (χ1v) is 7.78. The molecule has 2 unspecified atom stereocenters. The van der Waals surface area contributed by atoms with Crippen LogP contribution in [0.1, 0.15) is 0 Å². The van der Waals surface area contributed by atoms with Gasteiger partial charge in [0.05, 0.1) is 10.5 Å². The van der Waals surface area contributed by atoms with E-state index in [0.717, 1.165) is 4.48 Å². The summed E-state index contributed by atoms with van der Waals surface area (Å²) in [5.74, 6) is 0.454. The van der Waals surface area contributed by atoms with Crippen LogP contribution in [-0.4, -0.2) is 20.0 Å². The van der Waals surface area contributed by atoms with Crippen molar-refractivity contribution in [1.29, 1.82) is 0 Å². The third kappa shape index (κ3) is 1.08. The van der Waals surface area contributed by atoms with Gasteiger partial charge in [-0.05, 0) is 5.41 Å². The van der Waals surface area contributed by atoms with Crippen LogP contribution >= 0.6 is 43.6 Å². The molecule has 3 aliphatic heterocycles. The van der Waals surface area contributed by atoms with Crippen LogP contribution in [0.4, 0.5) is 0 Å². The lowest BCUT2D eigenvalue weighted by molar-refractivity contribution is 0.655. The second-order valence-electron chi connectivity index (χ2n) is 3.39. The molecule has 0 amide bonds. The highest BCUT2D eigenvalue weighted by Crippen LogP contribution is 2.56. The molecule has 0 aromatic rings. The highest BCUT2D eigenvalue weighted by Gasteiger charge is 2.56. The maximum atomic E-state index is 11.9. The minimum Gasteiger partial charge on any atom is -0.258 e. The molecule has 0 radical (unpaired) electrons. The van der Waals surface area contributed by atoms with E-state index in [-0.39, 0.29) is 10.5 Å². The van der Waals surface area contributed by atoms with Gasteiger partial charge < -0.3 is 0 Å². The van der Waals surface area contributed by atoms with Crippen LogP contribution in [0.15, 0.2) is 20.4 Å². The maximum Gasteiger partial charge on any atom is 0.0751 e. The van der Waals surface area contributed by atoms with Gasteiger partial charge in [-0.25, -0.2) is 0 Å². The van der Waals surface area contributed by atoms with Gasteiger partial charge in [0.15, 0.2) is 0 Å². The summed E-state index contributed by atoms with van der Waals surface area (Å²) < 4.78 is 14.3. The van der Waals surface area contributed by atoms with Crippen molar-refractivity contribution < 1.29 is 4.21 Å². The molecule has 1 saturated heterocycles. The number of halogens is 2. The lowest BCUT2D eigenvalue weighted by Gasteiger charge is -2.20. The molecule has 0 saturated carbocycles. The number of fused-ring (bicyclic) bond motifs is 5. The highest BCUT2D eigenvalue weighted by atomic mass is 79.9. The maximum absolute atomic E-state index is 11.9. The summed E-state index contributed by atoms with van der Waals surface area (Å²) in [5.41, 5.74) is 0. The van der Waals surface area contributed by atoms with Crippen LogP contribution in [0.3, 0.4) is 0 Å². The first kappa shape index (κ1) is 9.19. The van der Waals surface area contributed by atoms with E-state index in [2.05, 4.69) is 43.3 Å². The predicted octanol–water partition coefficient (Wildman–Crippen LogP) is 2.75. The zero-order chi connectivity index (χ0) is 9.16. The molecule has 3 heterocycles. The van der Waals surface area contributed by atoms with Gasteiger partial charge >= 0.3 is 0 Å². The molecule has 2 bridgehead atoms. The van der Waals surface area contributed by atoms with Crippen LogP contribution in [-0.2, 0) is 10.8 Å². The molecule has 0 N–H and O–H groups in total. The van der Waals surface area contributed by atoms with Crippen LogP contribution < -0.4 is 0 Å². The van der Waals surface area contributed by atoms with Gasteiger partial charge in [0.2, 0.25) is 0 Å². The molecule has 5 heteroatoms. The number of rotatable bonds is 0. The summed E-state index contributed by atoms with van der Waals surface area (Å²) in [5, 5.41) is 3.16. The average molecular weight is 342 g/mol. The topological polar surface area (TPSA) is 17.1 Å². The Morgan fingerprint density at radius 2 is 2.15 bits per heavy atom. The van der Waals surface area contributed by atoms with Crippen molar-refractivity contribution in [2.24, 2.45) is 5.92 Å². The molecule has 1 fully saturated rings. The summed E-state index contributed by atoms with van der Waals surface area (Å²) in [6.07, 6.45) is 2.13. The van der Waals surface area contributed by atoms with E-state index in [1.807, 2.05) is 11.8 Å². The van der Waals surface area contributed by atoms with E-state index in [0.29, 0.717) is 11.2 Å². The molecule has 3 rings (SSSR count). The quantitative estimate of drug-likeness (QED) is 0.674. The van der Waals surface area contributed by atoms with Gasteiger partial charge in [0, 0.05) is 30.9 Å². The average Bonchev–Trinajstić information content (AvgIpc) is 2.65. The molecule has 3 aliphatic rings. The van der Waals surface area contributed by atoms with Gasteiger partial charge in [-0.1, -0.05) is 37.9 Å². The fourth-order valence-corrected chi connectivity index (χ4v) is 8.45. The van der Waals surface area contributed by atoms with E-state index in [1.54, 1.807) is 0 Å². The molecule has 5 atom stereocenters. The van der Waals surface area contributed by atoms with Crippen LogP contribution in [0.5, 0.6) is 0 Å². The number of allylic oxidation sites excluding steroid dienone is 1. The van der Waals surface area contributed by atoms with Crippen molar-refractivity contribution in [3.8, 4) is 0 Å². The zero-order valence-corrected chi connectivity index (χ0v) is 11.2. The largest absolute Gasteiger partial charge is 0.258 e. The van der Waals surface area contributed by atoms with Gasteiger partial charge in [0.25, 0.3) is 0 Å². The first-order chi connectivity index (χ1) is 6.20. The second-order valence-corrected chi connectivity index (χ2v) is 7.99. The summed E-state index contributed by atoms with van der Waals surface area (Å²) >= 11 is 8.89. The lowest BCUT2D eigenvalue weighted by Crippen LogP contribution is -2.24. The first-order valence-electron chi connectivity index (χ1n) is 3.98. The Morgan fingerprint density at radius 3 is 2.92 bits per heavy atom. The Morgan fingerprint density at radius 1 is 1.38 bits per heavy atom. The second kappa shape index (κ2) is 2.97. The molecule has 0 aromatic carbocycles. The Labute approximate surface area is 100 Å². The minimum absolute atomic E-state index is 0.218. The predicted molar refractivity (Wildman–Crippen MR) is 64.6 cm³/mol. The fraction of sp³-hybridized carbons (Fsp3) is 0.500. The summed E-state index contributed by atoms with van der Waals surface area (Å²) in [6.45, 7) is 0. The SMILES string of the molecule is O=S1C2C=C(Br)[C@H]1[C@H]1C(Br)=CS[C@@H]21. The van der Waals surface area contributed by atoms with E-state index in [4.69, 9.17) is 0 Å². The number of hydrogen-bond acceptors (Lipinski definition) is 2. The molecular weight excluding hydrogens is 336 g/mol. The summed E-state index contributed by atoms with van der Waals surface area (Å²) in [4.78, 5) is 0. The Balaban J connectivity index is 2.10. The van der Waals surface area contributed by atoms with E-state index in [1.165, 1.54) is 4.48 Å². The third-order valence-corrected chi connectivity index (χ3v) is 8.37. The van der Waals surface area contributed by atoms with Crippen LogP contribution in [0.2, 0.25) is 0 Å². The van der Waals surface area contributed by atoms with Crippen molar-refractivity contribution >= 4 is 54.4 Å². The van der Waals surface area contributed by atoms with Crippen molar-refractivity contribution in [1.82, 2.24) is 0 Å². The smallest absolute Gasteiger partial charge is 0.0751 e. The highest BCUT2D eigenvalue weighted by molar-refractivity contribution is 9.12. The molecule has 1 nitrogen and oxygen atoms in total. The van der Waals surface area contributed by atoms with Gasteiger partial charge in [-0.2, -0.15) is 0 Å². The Kier molecular flexibility index (Phi) is 2.10. The molecule has 0 spiro atoms. The minimum atomic E-state index is -0.692. The van der Waals surface area contributed by atoms with E-state index >= 15 is 0 Å².